The van der Waals surface area contributed by atoms with Crippen LogP contribution in [-0.4, -0.2) is 15.7 Å². The molecule has 2 aromatic rings. The van der Waals surface area contributed by atoms with Crippen molar-refractivity contribution < 1.29 is 4.79 Å². The molecule has 2 rings (SSSR count). The van der Waals surface area contributed by atoms with Gasteiger partial charge in [0.15, 0.2) is 0 Å². The first kappa shape index (κ1) is 14.3. The smallest absolute Gasteiger partial charge is 0.252 e. The number of carbonyl (C=O) groups excluding carboxylic acids is 1. The van der Waals surface area contributed by atoms with Crippen LogP contribution in [-0.2, 0) is 6.54 Å². The fourth-order valence-corrected chi connectivity index (χ4v) is 2.30. The lowest BCUT2D eigenvalue weighted by Crippen LogP contribution is -2.27. The number of hydrogen-bond donors (Lipinski definition) is 1. The van der Waals surface area contributed by atoms with Gasteiger partial charge in [0.2, 0.25) is 0 Å². The molecule has 1 unspecified atom stereocenters. The van der Waals surface area contributed by atoms with Gasteiger partial charge in [0, 0.05) is 23.9 Å². The predicted octanol–water partition coefficient (Wildman–Crippen LogP) is 3.01. The molecule has 4 nitrogen and oxygen atoms in total. The highest BCUT2D eigenvalue weighted by Gasteiger charge is 2.16. The van der Waals surface area contributed by atoms with Crippen LogP contribution in [0, 0.1) is 13.8 Å². The fourth-order valence-electron chi connectivity index (χ4n) is 2.30. The molecule has 106 valence electrons. The van der Waals surface area contributed by atoms with Gasteiger partial charge in [0.25, 0.3) is 5.91 Å². The molecule has 20 heavy (non-hydrogen) atoms. The standard InChI is InChI=1S/C16H21N3O/c1-5-19-10-15(13(4)18-19)12(3)17-16(20)14-9-7-6-8-11(14)2/h6-10,12H,5H2,1-4H3,(H,17,20). The first-order chi connectivity index (χ1) is 9.52. The highest BCUT2D eigenvalue weighted by atomic mass is 16.1. The van der Waals surface area contributed by atoms with E-state index in [1.807, 2.05) is 62.8 Å². The Morgan fingerprint density at radius 1 is 1.35 bits per heavy atom. The summed E-state index contributed by atoms with van der Waals surface area (Å²) in [5.74, 6) is -0.0424. The van der Waals surface area contributed by atoms with Gasteiger partial charge in [-0.2, -0.15) is 5.10 Å². The van der Waals surface area contributed by atoms with Gasteiger partial charge in [0.05, 0.1) is 11.7 Å². The summed E-state index contributed by atoms with van der Waals surface area (Å²) in [6.45, 7) is 8.78. The Bertz CT molecular complexity index is 616. The van der Waals surface area contributed by atoms with Gasteiger partial charge >= 0.3 is 0 Å². The zero-order chi connectivity index (χ0) is 14.7. The van der Waals surface area contributed by atoms with Crippen molar-refractivity contribution in [1.29, 1.82) is 0 Å². The van der Waals surface area contributed by atoms with Crippen LogP contribution in [0.4, 0.5) is 0 Å². The molecule has 1 atom stereocenters. The van der Waals surface area contributed by atoms with Crippen molar-refractivity contribution in [3.05, 3.63) is 52.8 Å². The number of benzene rings is 1. The summed E-state index contributed by atoms with van der Waals surface area (Å²) in [5.41, 5.74) is 3.73. The van der Waals surface area contributed by atoms with Gasteiger partial charge in [-0.05, 0) is 39.3 Å². The van der Waals surface area contributed by atoms with Crippen molar-refractivity contribution in [2.75, 3.05) is 0 Å². The molecule has 1 N–H and O–H groups in total. The maximum atomic E-state index is 12.3. The molecule has 0 aliphatic carbocycles. The molecule has 0 spiro atoms. The molecule has 0 saturated heterocycles. The van der Waals surface area contributed by atoms with Crippen molar-refractivity contribution >= 4 is 5.91 Å². The lowest BCUT2D eigenvalue weighted by atomic mass is 10.1. The minimum Gasteiger partial charge on any atom is -0.345 e. The van der Waals surface area contributed by atoms with E-state index in [-0.39, 0.29) is 11.9 Å². The summed E-state index contributed by atoms with van der Waals surface area (Å²) in [7, 11) is 0. The summed E-state index contributed by atoms with van der Waals surface area (Å²) in [4.78, 5) is 12.3. The van der Waals surface area contributed by atoms with Gasteiger partial charge in [-0.3, -0.25) is 9.48 Å². The second-order valence-electron chi connectivity index (χ2n) is 5.04. The zero-order valence-electron chi connectivity index (χ0n) is 12.5. The van der Waals surface area contributed by atoms with E-state index in [1.165, 1.54) is 0 Å². The van der Waals surface area contributed by atoms with E-state index in [4.69, 9.17) is 0 Å². The Morgan fingerprint density at radius 3 is 2.65 bits per heavy atom. The first-order valence-corrected chi connectivity index (χ1v) is 6.93. The minimum absolute atomic E-state index is 0.0424. The van der Waals surface area contributed by atoms with Crippen LogP contribution in [0.5, 0.6) is 0 Å². The van der Waals surface area contributed by atoms with Gasteiger partial charge in [0.1, 0.15) is 0 Å². The molecule has 1 aromatic heterocycles. The minimum atomic E-state index is -0.0533. The molecule has 1 heterocycles. The van der Waals surface area contributed by atoms with Crippen LogP contribution < -0.4 is 5.32 Å². The number of nitrogens with zero attached hydrogens (tertiary/aromatic N) is 2. The first-order valence-electron chi connectivity index (χ1n) is 6.93. The van der Waals surface area contributed by atoms with Crippen molar-refractivity contribution in [3.8, 4) is 0 Å². The average molecular weight is 271 g/mol. The van der Waals surface area contributed by atoms with Crippen LogP contribution in [0.15, 0.2) is 30.5 Å². The second kappa shape index (κ2) is 5.90. The lowest BCUT2D eigenvalue weighted by Gasteiger charge is -2.14. The Morgan fingerprint density at radius 2 is 2.05 bits per heavy atom. The molecular formula is C16H21N3O. The third-order valence-electron chi connectivity index (χ3n) is 3.51. The van der Waals surface area contributed by atoms with Crippen LogP contribution in [0.2, 0.25) is 0 Å². The maximum absolute atomic E-state index is 12.3. The molecule has 0 aliphatic heterocycles. The van der Waals surface area contributed by atoms with Crippen LogP contribution in [0.1, 0.15) is 47.1 Å². The molecule has 0 saturated carbocycles. The highest BCUT2D eigenvalue weighted by molar-refractivity contribution is 5.95. The summed E-state index contributed by atoms with van der Waals surface area (Å²) < 4.78 is 1.89. The lowest BCUT2D eigenvalue weighted by molar-refractivity contribution is 0.0939. The fraction of sp³-hybridized carbons (Fsp3) is 0.375. The molecule has 0 aliphatic rings. The molecule has 0 radical (unpaired) electrons. The largest absolute Gasteiger partial charge is 0.345 e. The monoisotopic (exact) mass is 271 g/mol. The number of aryl methyl sites for hydroxylation is 3. The van der Waals surface area contributed by atoms with Crippen molar-refractivity contribution in [2.24, 2.45) is 0 Å². The number of carbonyl (C=O) groups is 1. The van der Waals surface area contributed by atoms with E-state index < -0.39 is 0 Å². The Hall–Kier alpha value is -2.10. The number of hydrogen-bond acceptors (Lipinski definition) is 2. The Balaban J connectivity index is 2.15. The quantitative estimate of drug-likeness (QED) is 0.929. The molecule has 4 heteroatoms. The van der Waals surface area contributed by atoms with E-state index in [2.05, 4.69) is 10.4 Å². The van der Waals surface area contributed by atoms with Crippen molar-refractivity contribution in [3.63, 3.8) is 0 Å². The topological polar surface area (TPSA) is 46.9 Å². The van der Waals surface area contributed by atoms with Crippen molar-refractivity contribution in [2.45, 2.75) is 40.3 Å². The van der Waals surface area contributed by atoms with E-state index in [9.17, 15) is 4.79 Å². The van der Waals surface area contributed by atoms with Gasteiger partial charge in [-0.1, -0.05) is 18.2 Å². The van der Waals surface area contributed by atoms with E-state index in [1.54, 1.807) is 0 Å². The molecule has 1 aromatic carbocycles. The number of aromatic nitrogens is 2. The van der Waals surface area contributed by atoms with Crippen LogP contribution >= 0.6 is 0 Å². The van der Waals surface area contributed by atoms with Gasteiger partial charge < -0.3 is 5.32 Å². The van der Waals surface area contributed by atoms with Crippen LogP contribution in [0.3, 0.4) is 0 Å². The van der Waals surface area contributed by atoms with E-state index in [0.717, 1.165) is 28.9 Å². The number of nitrogens with one attached hydrogen (secondary N) is 1. The third kappa shape index (κ3) is 2.90. The van der Waals surface area contributed by atoms with Crippen molar-refractivity contribution in [1.82, 2.24) is 15.1 Å². The number of amides is 1. The average Bonchev–Trinajstić information content (AvgIpc) is 2.80. The summed E-state index contributed by atoms with van der Waals surface area (Å²) in [6.07, 6.45) is 2.00. The zero-order valence-corrected chi connectivity index (χ0v) is 12.5. The van der Waals surface area contributed by atoms with Crippen LogP contribution in [0.25, 0.3) is 0 Å². The molecule has 0 bridgehead atoms. The second-order valence-corrected chi connectivity index (χ2v) is 5.04. The Labute approximate surface area is 119 Å². The van der Waals surface area contributed by atoms with E-state index >= 15 is 0 Å². The number of rotatable bonds is 4. The third-order valence-corrected chi connectivity index (χ3v) is 3.51. The summed E-state index contributed by atoms with van der Waals surface area (Å²) >= 11 is 0. The highest BCUT2D eigenvalue weighted by Crippen LogP contribution is 2.17. The Kier molecular flexibility index (Phi) is 4.23. The normalized spacial score (nSPS) is 12.2. The maximum Gasteiger partial charge on any atom is 0.252 e. The molecule has 0 fully saturated rings. The predicted molar refractivity (Wildman–Crippen MR) is 79.7 cm³/mol. The summed E-state index contributed by atoms with van der Waals surface area (Å²) in [6, 6.07) is 7.56. The van der Waals surface area contributed by atoms with Gasteiger partial charge in [-0.25, -0.2) is 0 Å². The van der Waals surface area contributed by atoms with Gasteiger partial charge in [-0.15, -0.1) is 0 Å². The van der Waals surface area contributed by atoms with E-state index in [0.29, 0.717) is 0 Å². The summed E-state index contributed by atoms with van der Waals surface area (Å²) in [5, 5.41) is 7.45. The SMILES string of the molecule is CCn1cc(C(C)NC(=O)c2ccccc2C)c(C)n1. The molecule has 1 amide bonds. The molecular weight excluding hydrogens is 250 g/mol.